The van der Waals surface area contributed by atoms with Crippen LogP contribution in [0, 0.1) is 0 Å². The normalized spacial score (nSPS) is 13.3. The number of carbonyl (C=O) groups excluding carboxylic acids is 2. The Morgan fingerprint density at radius 1 is 1.35 bits per heavy atom. The second-order valence-electron chi connectivity index (χ2n) is 4.30. The second kappa shape index (κ2) is 4.99. The number of nitrogens with one attached hydrogen (secondary N) is 1. The smallest absolute Gasteiger partial charge is 0.251 e. The summed E-state index contributed by atoms with van der Waals surface area (Å²) in [5.74, 6) is -0.237. The zero-order valence-electron chi connectivity index (χ0n) is 9.66. The van der Waals surface area contributed by atoms with E-state index in [0.29, 0.717) is 13.0 Å². The number of carbonyl (C=O) groups is 2. The third-order valence-corrected chi connectivity index (χ3v) is 3.06. The van der Waals surface area contributed by atoms with Crippen molar-refractivity contribution in [2.45, 2.75) is 32.2 Å². The number of hydrogen-bond acceptors (Lipinski definition) is 2. The van der Waals surface area contributed by atoms with Crippen molar-refractivity contribution >= 4 is 11.8 Å². The molecule has 0 aliphatic carbocycles. The van der Waals surface area contributed by atoms with Gasteiger partial charge in [-0.15, -0.1) is 0 Å². The molecule has 0 atom stereocenters. The van der Waals surface area contributed by atoms with Crippen molar-refractivity contribution in [3.63, 3.8) is 0 Å². The van der Waals surface area contributed by atoms with E-state index in [-0.39, 0.29) is 11.8 Å². The molecule has 0 fully saturated rings. The Balaban J connectivity index is 1.98. The van der Waals surface area contributed by atoms with Crippen LogP contribution in [0.2, 0.25) is 0 Å². The van der Waals surface area contributed by atoms with E-state index in [4.69, 9.17) is 5.73 Å². The van der Waals surface area contributed by atoms with Gasteiger partial charge in [0.15, 0.2) is 0 Å². The molecule has 1 aromatic carbocycles. The molecule has 90 valence electrons. The van der Waals surface area contributed by atoms with Crippen molar-refractivity contribution in [3.05, 3.63) is 34.9 Å². The van der Waals surface area contributed by atoms with E-state index in [9.17, 15) is 9.59 Å². The van der Waals surface area contributed by atoms with Gasteiger partial charge in [-0.25, -0.2) is 0 Å². The summed E-state index contributed by atoms with van der Waals surface area (Å²) in [6.07, 6.45) is 3.06. The van der Waals surface area contributed by atoms with E-state index in [2.05, 4.69) is 5.32 Å². The SMILES string of the molecule is NC(=O)CCCCc1cccc2c1CNC2=O. The van der Waals surface area contributed by atoms with Gasteiger partial charge in [-0.2, -0.15) is 0 Å². The number of rotatable bonds is 5. The fourth-order valence-electron chi connectivity index (χ4n) is 2.17. The summed E-state index contributed by atoms with van der Waals surface area (Å²) in [6, 6.07) is 5.81. The minimum atomic E-state index is -0.250. The molecular formula is C13H16N2O2. The Morgan fingerprint density at radius 2 is 2.18 bits per heavy atom. The first-order valence-electron chi connectivity index (χ1n) is 5.86. The molecule has 1 aromatic rings. The molecule has 2 amide bonds. The van der Waals surface area contributed by atoms with Crippen molar-refractivity contribution in [1.29, 1.82) is 0 Å². The summed E-state index contributed by atoms with van der Waals surface area (Å²) >= 11 is 0. The summed E-state index contributed by atoms with van der Waals surface area (Å²) in [4.78, 5) is 22.1. The highest BCUT2D eigenvalue weighted by Crippen LogP contribution is 2.21. The lowest BCUT2D eigenvalue weighted by Crippen LogP contribution is -2.12. The first kappa shape index (κ1) is 11.6. The first-order valence-corrected chi connectivity index (χ1v) is 5.86. The van der Waals surface area contributed by atoms with Crippen LogP contribution in [0.4, 0.5) is 0 Å². The van der Waals surface area contributed by atoms with Crippen molar-refractivity contribution < 1.29 is 9.59 Å². The average Bonchev–Trinajstić information content (AvgIpc) is 2.67. The maximum Gasteiger partial charge on any atom is 0.251 e. The highest BCUT2D eigenvalue weighted by molar-refractivity contribution is 5.98. The third kappa shape index (κ3) is 2.64. The predicted molar refractivity (Wildman–Crippen MR) is 64.4 cm³/mol. The zero-order valence-corrected chi connectivity index (χ0v) is 9.66. The zero-order chi connectivity index (χ0) is 12.3. The highest BCUT2D eigenvalue weighted by atomic mass is 16.2. The number of hydrogen-bond donors (Lipinski definition) is 2. The maximum absolute atomic E-state index is 11.5. The molecule has 1 aliphatic heterocycles. The molecule has 1 aliphatic rings. The molecule has 0 saturated carbocycles. The van der Waals surface area contributed by atoms with Crippen molar-refractivity contribution in [2.75, 3.05) is 0 Å². The molecule has 0 radical (unpaired) electrons. The quantitative estimate of drug-likeness (QED) is 0.747. The summed E-state index contributed by atoms with van der Waals surface area (Å²) < 4.78 is 0. The Hall–Kier alpha value is -1.84. The van der Waals surface area contributed by atoms with Gasteiger partial charge in [-0.05, 0) is 36.5 Å². The molecule has 2 rings (SSSR count). The molecular weight excluding hydrogens is 216 g/mol. The van der Waals surface area contributed by atoms with Crippen molar-refractivity contribution in [3.8, 4) is 0 Å². The molecule has 4 heteroatoms. The van der Waals surface area contributed by atoms with Crippen LogP contribution < -0.4 is 11.1 Å². The molecule has 17 heavy (non-hydrogen) atoms. The van der Waals surface area contributed by atoms with Crippen LogP contribution in [0.1, 0.15) is 40.7 Å². The third-order valence-electron chi connectivity index (χ3n) is 3.06. The number of aryl methyl sites for hydroxylation is 1. The van der Waals surface area contributed by atoms with Crippen LogP contribution in [0.25, 0.3) is 0 Å². The van der Waals surface area contributed by atoms with Gasteiger partial charge in [0.2, 0.25) is 5.91 Å². The highest BCUT2D eigenvalue weighted by Gasteiger charge is 2.20. The summed E-state index contributed by atoms with van der Waals surface area (Å²) in [5, 5.41) is 2.82. The number of fused-ring (bicyclic) bond motifs is 1. The Bertz CT molecular complexity index is 455. The molecule has 0 unspecified atom stereocenters. The molecule has 0 spiro atoms. The summed E-state index contributed by atoms with van der Waals surface area (Å²) in [7, 11) is 0. The van der Waals surface area contributed by atoms with E-state index in [0.717, 1.165) is 30.4 Å². The van der Waals surface area contributed by atoms with Crippen molar-refractivity contribution in [1.82, 2.24) is 5.32 Å². The van der Waals surface area contributed by atoms with Crippen LogP contribution in [-0.4, -0.2) is 11.8 Å². The average molecular weight is 232 g/mol. The van der Waals surface area contributed by atoms with E-state index in [1.54, 1.807) is 0 Å². The summed E-state index contributed by atoms with van der Waals surface area (Å²) in [6.45, 7) is 0.625. The maximum atomic E-state index is 11.5. The van der Waals surface area contributed by atoms with Gasteiger partial charge < -0.3 is 11.1 Å². The van der Waals surface area contributed by atoms with E-state index in [1.807, 2.05) is 18.2 Å². The van der Waals surface area contributed by atoms with Gasteiger partial charge >= 0.3 is 0 Å². The Morgan fingerprint density at radius 3 is 2.94 bits per heavy atom. The first-order chi connectivity index (χ1) is 8.18. The minimum absolute atomic E-state index is 0.0129. The molecule has 3 N–H and O–H groups in total. The Labute approximate surface area is 100 Å². The van der Waals surface area contributed by atoms with Gasteiger partial charge in [-0.3, -0.25) is 9.59 Å². The van der Waals surface area contributed by atoms with Crippen LogP contribution in [0.5, 0.6) is 0 Å². The topological polar surface area (TPSA) is 72.2 Å². The number of primary amides is 1. The van der Waals surface area contributed by atoms with Gasteiger partial charge in [0, 0.05) is 18.5 Å². The standard InChI is InChI=1S/C13H16N2O2/c14-12(16)7-2-1-4-9-5-3-6-10-11(9)8-15-13(10)17/h3,5-6H,1-2,4,7-8H2,(H2,14,16)(H,15,17). The number of nitrogens with two attached hydrogens (primary N) is 1. The van der Waals surface area contributed by atoms with Gasteiger partial charge in [-0.1, -0.05) is 12.1 Å². The number of unbranched alkanes of at least 4 members (excludes halogenated alkanes) is 1. The van der Waals surface area contributed by atoms with Gasteiger partial charge in [0.05, 0.1) is 0 Å². The minimum Gasteiger partial charge on any atom is -0.370 e. The molecule has 1 heterocycles. The van der Waals surface area contributed by atoms with Crippen LogP contribution in [0.3, 0.4) is 0 Å². The molecule has 0 aromatic heterocycles. The van der Waals surface area contributed by atoms with Crippen LogP contribution in [0.15, 0.2) is 18.2 Å². The molecule has 0 saturated heterocycles. The lowest BCUT2D eigenvalue weighted by molar-refractivity contribution is -0.118. The summed E-state index contributed by atoms with van der Waals surface area (Å²) in [5.41, 5.74) is 8.18. The van der Waals surface area contributed by atoms with E-state index < -0.39 is 0 Å². The largest absolute Gasteiger partial charge is 0.370 e. The lowest BCUT2D eigenvalue weighted by Gasteiger charge is -2.06. The molecule has 0 bridgehead atoms. The fourth-order valence-corrected chi connectivity index (χ4v) is 2.17. The predicted octanol–water partition coefficient (Wildman–Crippen LogP) is 1.13. The Kier molecular flexibility index (Phi) is 3.42. The van der Waals surface area contributed by atoms with E-state index in [1.165, 1.54) is 5.56 Å². The second-order valence-corrected chi connectivity index (χ2v) is 4.30. The van der Waals surface area contributed by atoms with Crippen molar-refractivity contribution in [2.24, 2.45) is 5.73 Å². The monoisotopic (exact) mass is 232 g/mol. The van der Waals surface area contributed by atoms with E-state index >= 15 is 0 Å². The van der Waals surface area contributed by atoms with Gasteiger partial charge in [0.1, 0.15) is 0 Å². The lowest BCUT2D eigenvalue weighted by atomic mass is 9.98. The number of amides is 2. The van der Waals surface area contributed by atoms with Crippen LogP contribution >= 0.6 is 0 Å². The van der Waals surface area contributed by atoms with Gasteiger partial charge in [0.25, 0.3) is 5.91 Å². The fraction of sp³-hybridized carbons (Fsp3) is 0.385. The van der Waals surface area contributed by atoms with Crippen LogP contribution in [-0.2, 0) is 17.8 Å². The molecule has 4 nitrogen and oxygen atoms in total. The number of benzene rings is 1.